The number of hydrogen-bond donors (Lipinski definition) is 2. The maximum Gasteiger partial charge on any atom is 0.269 e. The minimum atomic E-state index is -0.374. The van der Waals surface area contributed by atoms with Crippen molar-refractivity contribution in [3.05, 3.63) is 75.3 Å². The molecule has 3 rings (SSSR count). The van der Waals surface area contributed by atoms with Crippen LogP contribution in [0, 0.1) is 17.0 Å². The first-order valence-electron chi connectivity index (χ1n) is 10.0. The van der Waals surface area contributed by atoms with Gasteiger partial charge in [-0.3, -0.25) is 20.0 Å². The molecule has 162 valence electrons. The molecule has 0 saturated carbocycles. The van der Waals surface area contributed by atoms with E-state index in [4.69, 9.17) is 0 Å². The Morgan fingerprint density at radius 3 is 2.53 bits per heavy atom. The number of aryl methyl sites for hydroxylation is 1. The normalized spacial score (nSPS) is 15.3. The van der Waals surface area contributed by atoms with Crippen LogP contribution in [-0.2, 0) is 13.1 Å². The first kappa shape index (κ1) is 24.1. The number of piperidine rings is 1. The number of likely N-dealkylation sites (tertiary alicyclic amines) is 1. The van der Waals surface area contributed by atoms with Crippen LogP contribution < -0.4 is 10.6 Å². The zero-order valence-corrected chi connectivity index (χ0v) is 19.8. The number of nitrogens with zero attached hydrogens (tertiary/aromatic N) is 3. The fourth-order valence-corrected chi connectivity index (χ4v) is 3.66. The zero-order valence-electron chi connectivity index (χ0n) is 17.5. The lowest BCUT2D eigenvalue weighted by Gasteiger charge is -2.33. The standard InChI is InChI=1S/C22H29N5O2.HI/c1-17-5-3-7-19(13-17)16-26-11-9-20(10-12-26)25-22(23-2)24-15-18-6-4-8-21(14-18)27(28)29;/h3-8,13-14,20H,9-12,15-16H2,1-2H3,(H2,23,24,25);1H. The summed E-state index contributed by atoms with van der Waals surface area (Å²) in [6, 6.07) is 15.7. The smallest absolute Gasteiger partial charge is 0.269 e. The van der Waals surface area contributed by atoms with Crippen LogP contribution >= 0.6 is 24.0 Å². The van der Waals surface area contributed by atoms with E-state index in [1.807, 2.05) is 6.07 Å². The van der Waals surface area contributed by atoms with Gasteiger partial charge in [0.25, 0.3) is 5.69 Å². The highest BCUT2D eigenvalue weighted by molar-refractivity contribution is 14.0. The highest BCUT2D eigenvalue weighted by atomic mass is 127. The van der Waals surface area contributed by atoms with Gasteiger partial charge in [0, 0.05) is 51.4 Å². The number of rotatable bonds is 6. The monoisotopic (exact) mass is 523 g/mol. The quantitative estimate of drug-likeness (QED) is 0.198. The number of guanidine groups is 1. The highest BCUT2D eigenvalue weighted by Gasteiger charge is 2.20. The van der Waals surface area contributed by atoms with Crippen molar-refractivity contribution in [3.8, 4) is 0 Å². The summed E-state index contributed by atoms with van der Waals surface area (Å²) in [5.41, 5.74) is 3.63. The van der Waals surface area contributed by atoms with E-state index in [1.54, 1.807) is 19.2 Å². The maximum absolute atomic E-state index is 10.9. The van der Waals surface area contributed by atoms with Crippen LogP contribution in [0.3, 0.4) is 0 Å². The fraction of sp³-hybridized carbons (Fsp3) is 0.409. The molecule has 0 aromatic heterocycles. The van der Waals surface area contributed by atoms with Gasteiger partial charge in [0.2, 0.25) is 0 Å². The Bertz CT molecular complexity index is 866. The van der Waals surface area contributed by atoms with Gasteiger partial charge in [-0.15, -0.1) is 24.0 Å². The van der Waals surface area contributed by atoms with Crippen molar-refractivity contribution in [2.24, 2.45) is 4.99 Å². The first-order valence-corrected chi connectivity index (χ1v) is 10.0. The average molecular weight is 523 g/mol. The predicted molar refractivity (Wildman–Crippen MR) is 131 cm³/mol. The largest absolute Gasteiger partial charge is 0.354 e. The number of nitro benzene ring substituents is 1. The second kappa shape index (κ2) is 11.8. The lowest BCUT2D eigenvalue weighted by Crippen LogP contribution is -2.48. The molecule has 0 amide bonds. The Morgan fingerprint density at radius 2 is 1.87 bits per heavy atom. The summed E-state index contributed by atoms with van der Waals surface area (Å²) in [4.78, 5) is 17.3. The average Bonchev–Trinajstić information content (AvgIpc) is 2.72. The van der Waals surface area contributed by atoms with Crippen molar-refractivity contribution < 1.29 is 4.92 Å². The Kier molecular flexibility index (Phi) is 9.51. The van der Waals surface area contributed by atoms with Crippen molar-refractivity contribution in [2.75, 3.05) is 20.1 Å². The van der Waals surface area contributed by atoms with Crippen LogP contribution in [0.15, 0.2) is 53.5 Å². The molecule has 7 nitrogen and oxygen atoms in total. The van der Waals surface area contributed by atoms with Crippen molar-refractivity contribution in [1.29, 1.82) is 0 Å². The third-order valence-electron chi connectivity index (χ3n) is 5.22. The molecule has 2 N–H and O–H groups in total. The van der Waals surface area contributed by atoms with Crippen molar-refractivity contribution in [2.45, 2.75) is 38.9 Å². The molecular weight excluding hydrogens is 493 g/mol. The van der Waals surface area contributed by atoms with E-state index in [0.29, 0.717) is 12.6 Å². The van der Waals surface area contributed by atoms with Gasteiger partial charge in [-0.05, 0) is 30.9 Å². The van der Waals surface area contributed by atoms with Gasteiger partial charge in [0.1, 0.15) is 0 Å². The third kappa shape index (κ3) is 7.24. The molecular formula is C22H30IN5O2. The van der Waals surface area contributed by atoms with Crippen LogP contribution in [0.1, 0.15) is 29.5 Å². The molecule has 0 atom stereocenters. The molecule has 1 heterocycles. The Labute approximate surface area is 195 Å². The van der Waals surface area contributed by atoms with E-state index in [1.165, 1.54) is 17.2 Å². The molecule has 2 aromatic rings. The van der Waals surface area contributed by atoms with Gasteiger partial charge in [0.05, 0.1) is 4.92 Å². The SMILES string of the molecule is CN=C(NCc1cccc([N+](=O)[O-])c1)NC1CCN(Cc2cccc(C)c2)CC1.I. The lowest BCUT2D eigenvalue weighted by atomic mass is 10.0. The van der Waals surface area contributed by atoms with Crippen molar-refractivity contribution in [3.63, 3.8) is 0 Å². The summed E-state index contributed by atoms with van der Waals surface area (Å²) >= 11 is 0. The minimum absolute atomic E-state index is 0. The van der Waals surface area contributed by atoms with Gasteiger partial charge in [-0.1, -0.05) is 42.0 Å². The predicted octanol–water partition coefficient (Wildman–Crippen LogP) is 3.85. The summed E-state index contributed by atoms with van der Waals surface area (Å²) in [5, 5.41) is 17.7. The minimum Gasteiger partial charge on any atom is -0.354 e. The van der Waals surface area contributed by atoms with Crippen LogP contribution in [0.2, 0.25) is 0 Å². The van der Waals surface area contributed by atoms with E-state index >= 15 is 0 Å². The van der Waals surface area contributed by atoms with Crippen LogP contribution in [-0.4, -0.2) is 42.0 Å². The van der Waals surface area contributed by atoms with Crippen molar-refractivity contribution >= 4 is 35.6 Å². The third-order valence-corrected chi connectivity index (χ3v) is 5.22. The number of aliphatic imine (C=N–C) groups is 1. The molecule has 0 radical (unpaired) electrons. The summed E-state index contributed by atoms with van der Waals surface area (Å²) in [5.74, 6) is 0.730. The molecule has 2 aromatic carbocycles. The lowest BCUT2D eigenvalue weighted by molar-refractivity contribution is -0.384. The second-order valence-electron chi connectivity index (χ2n) is 7.54. The molecule has 8 heteroatoms. The zero-order chi connectivity index (χ0) is 20.6. The molecule has 30 heavy (non-hydrogen) atoms. The Morgan fingerprint density at radius 1 is 1.17 bits per heavy atom. The highest BCUT2D eigenvalue weighted by Crippen LogP contribution is 2.15. The summed E-state index contributed by atoms with van der Waals surface area (Å²) in [7, 11) is 1.75. The first-order chi connectivity index (χ1) is 14.0. The van der Waals surface area contributed by atoms with Gasteiger partial charge in [-0.25, -0.2) is 0 Å². The number of nitrogens with one attached hydrogen (secondary N) is 2. The summed E-state index contributed by atoms with van der Waals surface area (Å²) < 4.78 is 0. The molecule has 0 spiro atoms. The molecule has 0 bridgehead atoms. The van der Waals surface area contributed by atoms with Gasteiger partial charge in [0.15, 0.2) is 5.96 Å². The summed E-state index contributed by atoms with van der Waals surface area (Å²) in [6.07, 6.45) is 2.12. The molecule has 1 aliphatic rings. The van der Waals surface area contributed by atoms with Crippen molar-refractivity contribution in [1.82, 2.24) is 15.5 Å². The van der Waals surface area contributed by atoms with Gasteiger partial charge >= 0.3 is 0 Å². The number of halogens is 1. The van der Waals surface area contributed by atoms with Crippen LogP contribution in [0.25, 0.3) is 0 Å². The molecule has 1 saturated heterocycles. The maximum atomic E-state index is 10.9. The van der Waals surface area contributed by atoms with E-state index < -0.39 is 0 Å². The molecule has 1 aliphatic heterocycles. The van der Waals surface area contributed by atoms with E-state index in [0.717, 1.165) is 44.0 Å². The van der Waals surface area contributed by atoms with E-state index in [9.17, 15) is 10.1 Å². The van der Waals surface area contributed by atoms with Crippen LogP contribution in [0.4, 0.5) is 5.69 Å². The summed E-state index contributed by atoms with van der Waals surface area (Å²) in [6.45, 7) is 5.72. The fourth-order valence-electron chi connectivity index (χ4n) is 3.66. The second-order valence-corrected chi connectivity index (χ2v) is 7.54. The van der Waals surface area contributed by atoms with E-state index in [2.05, 4.69) is 51.7 Å². The Hall–Kier alpha value is -2.20. The van der Waals surface area contributed by atoms with Crippen LogP contribution in [0.5, 0.6) is 0 Å². The molecule has 1 fully saturated rings. The number of benzene rings is 2. The Balaban J connectivity index is 0.00000320. The van der Waals surface area contributed by atoms with Gasteiger partial charge in [-0.2, -0.15) is 0 Å². The topological polar surface area (TPSA) is 82.8 Å². The number of hydrogen-bond acceptors (Lipinski definition) is 4. The number of non-ortho nitro benzene ring substituents is 1. The number of nitro groups is 1. The molecule has 0 aliphatic carbocycles. The van der Waals surface area contributed by atoms with E-state index in [-0.39, 0.29) is 34.6 Å². The molecule has 0 unspecified atom stereocenters. The van der Waals surface area contributed by atoms with Gasteiger partial charge < -0.3 is 10.6 Å².